The van der Waals surface area contributed by atoms with Gasteiger partial charge in [-0.25, -0.2) is 9.18 Å². The predicted molar refractivity (Wildman–Crippen MR) is 123 cm³/mol. The number of hydrogen-bond donors (Lipinski definition) is 2. The summed E-state index contributed by atoms with van der Waals surface area (Å²) < 4.78 is 25.8. The lowest BCUT2D eigenvalue weighted by atomic mass is 9.79. The topological polar surface area (TPSA) is 59.6 Å². The molecule has 2 aromatic rings. The van der Waals surface area contributed by atoms with E-state index < -0.39 is 30.2 Å². The molecule has 1 fully saturated rings. The van der Waals surface area contributed by atoms with Crippen LogP contribution in [0.25, 0.3) is 0 Å². The minimum absolute atomic E-state index is 0.140. The fraction of sp³-hybridized carbons (Fsp3) is 0.381. The molecule has 2 N–H and O–H groups in total. The van der Waals surface area contributed by atoms with Crippen LogP contribution in [0.15, 0.2) is 42.5 Å². The number of alkyl halides is 2. The van der Waals surface area contributed by atoms with Crippen molar-refractivity contribution in [2.75, 3.05) is 16.0 Å². The predicted octanol–water partition coefficient (Wildman–Crippen LogP) is 5.50. The van der Waals surface area contributed by atoms with Crippen LogP contribution < -0.4 is 16.1 Å². The van der Waals surface area contributed by atoms with Crippen LogP contribution in [0.2, 0.25) is 0 Å². The van der Waals surface area contributed by atoms with Gasteiger partial charge in [-0.1, -0.05) is 18.2 Å². The number of anilines is 2. The smallest absolute Gasteiger partial charge is 0.399 e. The van der Waals surface area contributed by atoms with Crippen LogP contribution in [0.1, 0.15) is 33.3 Å². The first-order valence-corrected chi connectivity index (χ1v) is 10.5. The van der Waals surface area contributed by atoms with Crippen LogP contribution in [0.5, 0.6) is 0 Å². The Hall–Kier alpha value is -1.80. The molecule has 0 aromatic heterocycles. The quantitative estimate of drug-likeness (QED) is 0.475. The van der Waals surface area contributed by atoms with Gasteiger partial charge in [-0.2, -0.15) is 0 Å². The summed E-state index contributed by atoms with van der Waals surface area (Å²) in [7, 11) is -0.459. The average Bonchev–Trinajstić information content (AvgIpc) is 2.87. The zero-order chi connectivity index (χ0) is 22.5. The van der Waals surface area contributed by atoms with Gasteiger partial charge in [0.15, 0.2) is 0 Å². The molecule has 1 aliphatic heterocycles. The number of aryl methyl sites for hydroxylation is 1. The van der Waals surface area contributed by atoms with Gasteiger partial charge in [-0.3, -0.25) is 0 Å². The molecule has 0 spiro atoms. The summed E-state index contributed by atoms with van der Waals surface area (Å²) in [5.41, 5.74) is 1.63. The van der Waals surface area contributed by atoms with Gasteiger partial charge in [0.1, 0.15) is 5.82 Å². The van der Waals surface area contributed by atoms with Crippen LogP contribution in [-0.4, -0.2) is 29.7 Å². The van der Waals surface area contributed by atoms with E-state index in [1.807, 2.05) is 46.8 Å². The monoisotopic (exact) mass is 454 g/mol. The van der Waals surface area contributed by atoms with Gasteiger partial charge in [0.2, 0.25) is 0 Å². The molecule has 0 unspecified atom stereocenters. The molecule has 1 aliphatic rings. The summed E-state index contributed by atoms with van der Waals surface area (Å²) in [4.78, 5) is 12.1. The van der Waals surface area contributed by atoms with Gasteiger partial charge in [0.05, 0.1) is 22.2 Å². The lowest BCUT2D eigenvalue weighted by Crippen LogP contribution is -2.41. The number of amides is 2. The number of urea groups is 1. The molecule has 2 amide bonds. The highest BCUT2D eigenvalue weighted by Gasteiger charge is 2.51. The van der Waals surface area contributed by atoms with Crippen molar-refractivity contribution in [3.63, 3.8) is 0 Å². The molecule has 1 heterocycles. The van der Waals surface area contributed by atoms with E-state index in [-0.39, 0.29) is 11.0 Å². The lowest BCUT2D eigenvalue weighted by Gasteiger charge is -2.32. The van der Waals surface area contributed by atoms with Crippen LogP contribution in [0.4, 0.5) is 20.6 Å². The van der Waals surface area contributed by atoms with Gasteiger partial charge >= 0.3 is 13.1 Å². The number of nitrogens with one attached hydrogen (secondary N) is 2. The summed E-state index contributed by atoms with van der Waals surface area (Å²) in [5.74, 6) is -0.480. The molecule has 9 heteroatoms. The minimum atomic E-state index is -0.511. The zero-order valence-corrected chi connectivity index (χ0v) is 19.2. The molecule has 30 heavy (non-hydrogen) atoms. The molecule has 0 atom stereocenters. The SMILES string of the molecule is Cc1ccc(F)c(NC(=O)Nc2ccc(B3OC(C)(C)C(C)(C)O3)cc2)c1.ClCCl. The Morgan fingerprint density at radius 3 is 2.07 bits per heavy atom. The van der Waals surface area contributed by atoms with Gasteiger partial charge in [0, 0.05) is 5.69 Å². The molecule has 3 rings (SSSR count). The second kappa shape index (κ2) is 10.0. The van der Waals surface area contributed by atoms with Crippen molar-refractivity contribution < 1.29 is 18.5 Å². The minimum Gasteiger partial charge on any atom is -0.399 e. The second-order valence-electron chi connectivity index (χ2n) is 7.87. The van der Waals surface area contributed by atoms with Gasteiger partial charge in [0.25, 0.3) is 0 Å². The van der Waals surface area contributed by atoms with E-state index in [9.17, 15) is 9.18 Å². The van der Waals surface area contributed by atoms with E-state index in [1.54, 1.807) is 24.3 Å². The van der Waals surface area contributed by atoms with Crippen molar-refractivity contribution in [1.82, 2.24) is 0 Å². The third-order valence-corrected chi connectivity index (χ3v) is 5.06. The van der Waals surface area contributed by atoms with E-state index in [2.05, 4.69) is 10.6 Å². The molecule has 162 valence electrons. The van der Waals surface area contributed by atoms with E-state index in [0.29, 0.717) is 5.69 Å². The Bertz CT molecular complexity index is 863. The van der Waals surface area contributed by atoms with Crippen molar-refractivity contribution in [3.05, 3.63) is 53.8 Å². The van der Waals surface area contributed by atoms with Gasteiger partial charge in [-0.15, -0.1) is 23.2 Å². The Kier molecular flexibility index (Phi) is 8.16. The van der Waals surface area contributed by atoms with E-state index in [4.69, 9.17) is 32.5 Å². The van der Waals surface area contributed by atoms with Crippen molar-refractivity contribution in [1.29, 1.82) is 0 Å². The number of rotatable bonds is 3. The van der Waals surface area contributed by atoms with E-state index in [0.717, 1.165) is 11.0 Å². The van der Waals surface area contributed by atoms with Crippen LogP contribution >= 0.6 is 23.2 Å². The Morgan fingerprint density at radius 1 is 1.00 bits per heavy atom. The first-order valence-electron chi connectivity index (χ1n) is 9.41. The molecular formula is C21H26BCl2FN2O3. The number of benzene rings is 2. The third-order valence-electron chi connectivity index (χ3n) is 5.06. The van der Waals surface area contributed by atoms with Gasteiger partial charge < -0.3 is 19.9 Å². The summed E-state index contributed by atoms with van der Waals surface area (Å²) in [6.45, 7) is 9.82. The average molecular weight is 455 g/mol. The number of carbonyl (C=O) groups is 1. The maximum atomic E-state index is 13.7. The van der Waals surface area contributed by atoms with E-state index in [1.165, 1.54) is 6.07 Å². The standard InChI is InChI=1S/C20H24BFN2O3.CH2Cl2/c1-13-6-11-16(22)17(12-13)24-18(25)23-15-9-7-14(8-10-15)21-26-19(2,3)20(4,5)27-21;2-1-3/h6-12H,1-5H3,(H2,23,24,25);1H2. The van der Waals surface area contributed by atoms with Gasteiger partial charge in [-0.05, 0) is 69.9 Å². The molecule has 0 aliphatic carbocycles. The summed E-state index contributed by atoms with van der Waals surface area (Å²) in [6, 6.07) is 11.2. The Balaban J connectivity index is 0.00000101. The fourth-order valence-electron chi connectivity index (χ4n) is 2.72. The maximum absolute atomic E-state index is 13.7. The molecule has 5 nitrogen and oxygen atoms in total. The van der Waals surface area contributed by atoms with Crippen molar-refractivity contribution >= 4 is 53.2 Å². The maximum Gasteiger partial charge on any atom is 0.494 e. The Labute approximate surface area is 187 Å². The number of carbonyl (C=O) groups excluding carboxylic acids is 1. The summed E-state index contributed by atoms with van der Waals surface area (Å²) in [6.07, 6.45) is 0. The summed E-state index contributed by atoms with van der Waals surface area (Å²) in [5, 5.41) is 5.40. The molecular weight excluding hydrogens is 429 g/mol. The van der Waals surface area contributed by atoms with Crippen molar-refractivity contribution in [3.8, 4) is 0 Å². The van der Waals surface area contributed by atoms with Crippen LogP contribution in [0, 0.1) is 12.7 Å². The largest absolute Gasteiger partial charge is 0.494 e. The molecule has 0 radical (unpaired) electrons. The highest BCUT2D eigenvalue weighted by atomic mass is 35.5. The highest BCUT2D eigenvalue weighted by Crippen LogP contribution is 2.36. The van der Waals surface area contributed by atoms with Crippen LogP contribution in [0.3, 0.4) is 0 Å². The molecule has 2 aromatic carbocycles. The number of hydrogen-bond acceptors (Lipinski definition) is 3. The van der Waals surface area contributed by atoms with E-state index >= 15 is 0 Å². The molecule has 1 saturated heterocycles. The normalized spacial score (nSPS) is 16.5. The molecule has 0 saturated carbocycles. The highest BCUT2D eigenvalue weighted by molar-refractivity contribution is 6.62. The summed E-state index contributed by atoms with van der Waals surface area (Å²) >= 11 is 9.53. The van der Waals surface area contributed by atoms with Crippen molar-refractivity contribution in [2.24, 2.45) is 0 Å². The Morgan fingerprint density at radius 2 is 1.53 bits per heavy atom. The van der Waals surface area contributed by atoms with Crippen molar-refractivity contribution in [2.45, 2.75) is 45.8 Å². The first-order chi connectivity index (χ1) is 14.0. The second-order valence-corrected chi connectivity index (χ2v) is 8.68. The fourth-order valence-corrected chi connectivity index (χ4v) is 2.72. The zero-order valence-electron chi connectivity index (χ0n) is 17.7. The lowest BCUT2D eigenvalue weighted by molar-refractivity contribution is 0.00578. The third kappa shape index (κ3) is 6.11. The molecule has 0 bridgehead atoms. The first kappa shape index (κ1) is 24.5. The van der Waals surface area contributed by atoms with Crippen LogP contribution in [-0.2, 0) is 9.31 Å². The number of halogens is 3.